The first kappa shape index (κ1) is 23.7. The molecular formula is C27H40ClN2O3S+. The Balaban J connectivity index is 1.44. The van der Waals surface area contributed by atoms with Crippen molar-refractivity contribution in [3.63, 3.8) is 0 Å². The number of piperidine rings is 1. The molecule has 0 radical (unpaired) electrons. The van der Waals surface area contributed by atoms with Crippen LogP contribution in [0.25, 0.3) is 0 Å². The lowest BCUT2D eigenvalue weighted by atomic mass is 9.67. The molecule has 34 heavy (non-hydrogen) atoms. The summed E-state index contributed by atoms with van der Waals surface area (Å²) in [5, 5.41) is 18.0. The number of aliphatic hydroxyl groups is 1. The van der Waals surface area contributed by atoms with E-state index in [4.69, 9.17) is 16.3 Å². The van der Waals surface area contributed by atoms with E-state index in [0.717, 1.165) is 44.1 Å². The highest BCUT2D eigenvalue weighted by molar-refractivity contribution is 8.04. The number of carbonyl (C=O) groups is 1. The number of aliphatic hydroxyl groups excluding tert-OH is 1. The van der Waals surface area contributed by atoms with Crippen LogP contribution < -0.4 is 10.6 Å². The molecule has 0 spiro atoms. The second-order valence-electron chi connectivity index (χ2n) is 12.0. The van der Waals surface area contributed by atoms with E-state index >= 15 is 0 Å². The van der Waals surface area contributed by atoms with Crippen molar-refractivity contribution < 1.29 is 20.0 Å². The fraction of sp³-hybridized carbons (Fsp3) is 0.815. The van der Waals surface area contributed by atoms with Crippen LogP contribution in [-0.4, -0.2) is 46.1 Å². The van der Waals surface area contributed by atoms with Gasteiger partial charge >= 0.3 is 5.97 Å². The van der Waals surface area contributed by atoms with E-state index < -0.39 is 0 Å². The predicted molar refractivity (Wildman–Crippen MR) is 135 cm³/mol. The molecule has 6 rings (SSSR count). The first-order chi connectivity index (χ1) is 16.4. The Kier molecular flexibility index (Phi) is 6.27. The highest BCUT2D eigenvalue weighted by atomic mass is 35.5. The molecule has 5 nitrogen and oxygen atoms in total. The zero-order chi connectivity index (χ0) is 23.7. The summed E-state index contributed by atoms with van der Waals surface area (Å²) in [6.07, 6.45) is 7.27. The SMILES string of the molecule is CCC1CC2C3=C(C(=O)OC2CC1O)[C@@H](C1CCC(Cl)CC1)NC1=C3SC2[NH2+]C(C)CC(C)C12. The van der Waals surface area contributed by atoms with Gasteiger partial charge in [0.1, 0.15) is 11.5 Å². The molecule has 0 bridgehead atoms. The number of halogens is 1. The number of dihydropyridines is 1. The lowest BCUT2D eigenvalue weighted by Crippen LogP contribution is -2.96. The number of hydrogen-bond donors (Lipinski definition) is 3. The number of allylic oxidation sites excluding steroid dienone is 1. The van der Waals surface area contributed by atoms with E-state index in [9.17, 15) is 9.90 Å². The molecule has 4 N–H and O–H groups in total. The van der Waals surface area contributed by atoms with Crippen LogP contribution in [0.4, 0.5) is 0 Å². The van der Waals surface area contributed by atoms with Crippen LogP contribution >= 0.6 is 23.4 Å². The quantitative estimate of drug-likeness (QED) is 0.393. The number of carbonyl (C=O) groups excluding carboxylic acids is 1. The molecular weight excluding hydrogens is 468 g/mol. The smallest absolute Gasteiger partial charge is 0.336 e. The number of nitrogens with two attached hydrogens (primary N) is 1. The second kappa shape index (κ2) is 9.00. The number of esters is 1. The highest BCUT2D eigenvalue weighted by Gasteiger charge is 2.55. The third-order valence-corrected chi connectivity index (χ3v) is 11.6. The maximum absolute atomic E-state index is 13.6. The number of ether oxygens (including phenoxy) is 1. The lowest BCUT2D eigenvalue weighted by Gasteiger charge is -2.47. The zero-order valence-electron chi connectivity index (χ0n) is 20.6. The third kappa shape index (κ3) is 3.77. The topological polar surface area (TPSA) is 75.2 Å². The van der Waals surface area contributed by atoms with E-state index in [1.807, 2.05) is 11.8 Å². The van der Waals surface area contributed by atoms with Crippen LogP contribution in [0.5, 0.6) is 0 Å². The van der Waals surface area contributed by atoms with Crippen LogP contribution in [-0.2, 0) is 9.53 Å². The summed E-state index contributed by atoms with van der Waals surface area (Å²) in [6.45, 7) is 6.94. The molecule has 188 valence electrons. The van der Waals surface area contributed by atoms with Gasteiger partial charge in [-0.3, -0.25) is 0 Å². The Morgan fingerprint density at radius 1 is 1.15 bits per heavy atom. The van der Waals surface area contributed by atoms with Crippen LogP contribution in [0, 0.1) is 29.6 Å². The van der Waals surface area contributed by atoms with Gasteiger partial charge in [0.25, 0.3) is 0 Å². The second-order valence-corrected chi connectivity index (χ2v) is 13.8. The van der Waals surface area contributed by atoms with Gasteiger partial charge in [-0.25, -0.2) is 4.79 Å². The Bertz CT molecular complexity index is 914. The normalized spacial score (nSPS) is 48.4. The number of thioether (sulfide) groups is 1. The van der Waals surface area contributed by atoms with Crippen LogP contribution in [0.1, 0.15) is 72.1 Å². The van der Waals surface area contributed by atoms with E-state index in [2.05, 4.69) is 31.4 Å². The fourth-order valence-electron chi connectivity index (χ4n) is 8.07. The Labute approximate surface area is 212 Å². The Morgan fingerprint density at radius 2 is 1.91 bits per heavy atom. The molecule has 0 aromatic rings. The summed E-state index contributed by atoms with van der Waals surface area (Å²) in [5.74, 6) is 1.89. The van der Waals surface area contributed by atoms with Crippen LogP contribution in [0.2, 0.25) is 0 Å². The predicted octanol–water partition coefficient (Wildman–Crippen LogP) is 3.67. The maximum Gasteiger partial charge on any atom is 0.336 e. The highest BCUT2D eigenvalue weighted by Crippen LogP contribution is 2.56. The molecule has 0 aromatic carbocycles. The maximum atomic E-state index is 13.6. The van der Waals surface area contributed by atoms with Crippen molar-refractivity contribution in [1.29, 1.82) is 0 Å². The van der Waals surface area contributed by atoms with Gasteiger partial charge in [0.05, 0.1) is 29.7 Å². The molecule has 7 heteroatoms. The van der Waals surface area contributed by atoms with Gasteiger partial charge in [0.2, 0.25) is 0 Å². The van der Waals surface area contributed by atoms with Gasteiger partial charge in [-0.05, 0) is 62.4 Å². The molecule has 4 aliphatic heterocycles. The first-order valence-electron chi connectivity index (χ1n) is 13.7. The standard InChI is InChI=1S/C27H39ClN2O3S/c1-4-14-10-17-19(11-18(14)31)33-27(32)22-21(17)25-24(20-12(2)9-13(3)29-26(20)34-25)30-23(22)15-5-7-16(28)8-6-15/h12-20,23,26,29-31H,4-11H2,1-3H3/p+1/t12?,13?,14?,15?,16?,17?,18?,19?,20?,23-,26?/m1/s1. The van der Waals surface area contributed by atoms with Gasteiger partial charge in [0.15, 0.2) is 0 Å². The van der Waals surface area contributed by atoms with Crippen molar-refractivity contribution in [2.75, 3.05) is 0 Å². The molecule has 4 heterocycles. The molecule has 0 aromatic heterocycles. The summed E-state index contributed by atoms with van der Waals surface area (Å²) in [6, 6.07) is 0.663. The summed E-state index contributed by atoms with van der Waals surface area (Å²) in [5.41, 5.74) is 3.62. The zero-order valence-corrected chi connectivity index (χ0v) is 22.2. The molecule has 2 aliphatic carbocycles. The summed E-state index contributed by atoms with van der Waals surface area (Å²) in [7, 11) is 0. The summed E-state index contributed by atoms with van der Waals surface area (Å²) in [4.78, 5) is 15.0. The van der Waals surface area contributed by atoms with Gasteiger partial charge in [-0.1, -0.05) is 32.0 Å². The molecule has 1 saturated heterocycles. The third-order valence-electron chi connectivity index (χ3n) is 9.79. The number of quaternary nitrogens is 1. The number of hydrogen-bond acceptors (Lipinski definition) is 5. The fourth-order valence-corrected chi connectivity index (χ4v) is 10.2. The van der Waals surface area contributed by atoms with Crippen molar-refractivity contribution in [3.8, 4) is 0 Å². The van der Waals surface area contributed by atoms with Gasteiger partial charge in [-0.15, -0.1) is 11.6 Å². The molecule has 3 fully saturated rings. The minimum Gasteiger partial charge on any atom is -0.458 e. The summed E-state index contributed by atoms with van der Waals surface area (Å²) >= 11 is 8.47. The van der Waals surface area contributed by atoms with Gasteiger partial charge in [-0.2, -0.15) is 0 Å². The molecule has 2 saturated carbocycles. The van der Waals surface area contributed by atoms with E-state index in [1.54, 1.807) is 0 Å². The van der Waals surface area contributed by atoms with Gasteiger partial charge in [0, 0.05) is 34.7 Å². The Morgan fingerprint density at radius 3 is 2.65 bits per heavy atom. The Hall–Kier alpha value is -0.690. The van der Waals surface area contributed by atoms with E-state index in [1.165, 1.54) is 22.6 Å². The lowest BCUT2D eigenvalue weighted by molar-refractivity contribution is -0.714. The van der Waals surface area contributed by atoms with Crippen molar-refractivity contribution in [1.82, 2.24) is 5.32 Å². The van der Waals surface area contributed by atoms with Crippen molar-refractivity contribution in [2.24, 2.45) is 29.6 Å². The van der Waals surface area contributed by atoms with E-state index in [0.29, 0.717) is 35.6 Å². The van der Waals surface area contributed by atoms with Crippen LogP contribution in [0.3, 0.4) is 0 Å². The minimum absolute atomic E-state index is 0.0317. The number of rotatable bonds is 2. The largest absolute Gasteiger partial charge is 0.458 e. The van der Waals surface area contributed by atoms with Crippen molar-refractivity contribution in [2.45, 2.75) is 107 Å². The van der Waals surface area contributed by atoms with E-state index in [-0.39, 0.29) is 41.4 Å². The monoisotopic (exact) mass is 507 g/mol. The summed E-state index contributed by atoms with van der Waals surface area (Å²) < 4.78 is 6.11. The van der Waals surface area contributed by atoms with Crippen molar-refractivity contribution in [3.05, 3.63) is 21.7 Å². The molecule has 6 aliphatic rings. The average molecular weight is 508 g/mol. The van der Waals surface area contributed by atoms with Crippen molar-refractivity contribution >= 4 is 29.3 Å². The minimum atomic E-state index is -0.376. The number of alkyl halides is 1. The van der Waals surface area contributed by atoms with Crippen LogP contribution in [0.15, 0.2) is 21.7 Å². The first-order valence-corrected chi connectivity index (χ1v) is 15.0. The van der Waals surface area contributed by atoms with Gasteiger partial charge < -0.3 is 20.5 Å². The molecule has 9 atom stereocenters. The molecule has 8 unspecified atom stereocenters. The number of nitrogens with one attached hydrogen (secondary N) is 1. The number of fused-ring (bicyclic) bond motifs is 5. The molecule has 0 amide bonds. The average Bonchev–Trinajstić information content (AvgIpc) is 3.17.